The molecule has 8 heteroatoms. The molecule has 0 saturated carbocycles. The number of thioether (sulfide) groups is 1. The molecule has 1 aromatic heterocycles. The fourth-order valence-electron chi connectivity index (χ4n) is 2.47. The molecule has 3 amide bonds. The van der Waals surface area contributed by atoms with Crippen LogP contribution in [0.15, 0.2) is 78.5 Å². The van der Waals surface area contributed by atoms with Gasteiger partial charge in [0, 0.05) is 17.8 Å². The normalized spacial score (nSPS) is 10.3. The second-order valence-electron chi connectivity index (χ2n) is 5.73. The number of hydrogen-bond acceptors (Lipinski definition) is 5. The van der Waals surface area contributed by atoms with E-state index < -0.39 is 11.9 Å². The van der Waals surface area contributed by atoms with Gasteiger partial charge >= 0.3 is 6.03 Å². The number of carbonyl (C=O) groups is 2. The maximum absolute atomic E-state index is 12.1. The number of aromatic nitrogens is 3. The van der Waals surface area contributed by atoms with Crippen molar-refractivity contribution in [2.45, 2.75) is 11.7 Å². The average molecular weight is 393 g/mol. The fraction of sp³-hybridized carbons (Fsp3) is 0.100. The molecular weight excluding hydrogens is 374 g/mol. The molecule has 0 radical (unpaired) electrons. The maximum atomic E-state index is 12.1. The van der Waals surface area contributed by atoms with E-state index in [0.717, 1.165) is 5.56 Å². The highest BCUT2D eigenvalue weighted by Gasteiger charge is 2.15. The molecule has 0 aliphatic rings. The van der Waals surface area contributed by atoms with Gasteiger partial charge in [-0.25, -0.2) is 4.79 Å². The van der Waals surface area contributed by atoms with Gasteiger partial charge in [0.15, 0.2) is 11.0 Å². The number of rotatable bonds is 7. The molecule has 0 aliphatic carbocycles. The van der Waals surface area contributed by atoms with Gasteiger partial charge in [0.25, 0.3) is 0 Å². The third-order valence-electron chi connectivity index (χ3n) is 3.68. The monoisotopic (exact) mass is 393 g/mol. The zero-order valence-corrected chi connectivity index (χ0v) is 15.9. The Morgan fingerprint density at radius 2 is 1.71 bits per heavy atom. The summed E-state index contributed by atoms with van der Waals surface area (Å²) in [5.74, 6) is 0.310. The number of allylic oxidation sites excluding steroid dienone is 1. The van der Waals surface area contributed by atoms with E-state index in [9.17, 15) is 9.59 Å². The number of carbonyl (C=O) groups excluding carboxylic acids is 2. The molecule has 28 heavy (non-hydrogen) atoms. The van der Waals surface area contributed by atoms with Crippen LogP contribution < -0.4 is 10.6 Å². The van der Waals surface area contributed by atoms with Gasteiger partial charge in [0.1, 0.15) is 0 Å². The first kappa shape index (κ1) is 19.4. The van der Waals surface area contributed by atoms with Crippen molar-refractivity contribution < 1.29 is 9.59 Å². The van der Waals surface area contributed by atoms with Crippen molar-refractivity contribution in [3.63, 3.8) is 0 Å². The number of hydrogen-bond donors (Lipinski definition) is 2. The molecule has 3 rings (SSSR count). The minimum Gasteiger partial charge on any atom is -0.308 e. The average Bonchev–Trinajstić information content (AvgIpc) is 3.11. The van der Waals surface area contributed by atoms with E-state index in [-0.39, 0.29) is 5.75 Å². The molecule has 0 bridgehead atoms. The molecular formula is C20H19N5O2S. The zero-order valence-electron chi connectivity index (χ0n) is 15.0. The van der Waals surface area contributed by atoms with E-state index in [1.807, 2.05) is 41.0 Å². The summed E-state index contributed by atoms with van der Waals surface area (Å²) in [7, 11) is 0. The summed E-state index contributed by atoms with van der Waals surface area (Å²) < 4.78 is 1.88. The predicted octanol–water partition coefficient (Wildman–Crippen LogP) is 3.57. The Morgan fingerprint density at radius 3 is 2.39 bits per heavy atom. The lowest BCUT2D eigenvalue weighted by molar-refractivity contribution is -0.117. The molecule has 0 unspecified atom stereocenters. The van der Waals surface area contributed by atoms with E-state index in [2.05, 4.69) is 27.4 Å². The highest BCUT2D eigenvalue weighted by atomic mass is 32.2. The van der Waals surface area contributed by atoms with Crippen LogP contribution in [0.2, 0.25) is 0 Å². The third-order valence-corrected chi connectivity index (χ3v) is 4.64. The van der Waals surface area contributed by atoms with Crippen molar-refractivity contribution in [1.82, 2.24) is 20.1 Å². The van der Waals surface area contributed by atoms with Crippen molar-refractivity contribution in [2.75, 3.05) is 11.1 Å². The zero-order chi connectivity index (χ0) is 19.8. The Hall–Kier alpha value is -3.39. The minimum atomic E-state index is -0.575. The van der Waals surface area contributed by atoms with E-state index in [4.69, 9.17) is 0 Å². The number of urea groups is 1. The van der Waals surface area contributed by atoms with Crippen molar-refractivity contribution in [2.24, 2.45) is 0 Å². The van der Waals surface area contributed by atoms with Gasteiger partial charge in [-0.05, 0) is 12.1 Å². The lowest BCUT2D eigenvalue weighted by atomic mass is 10.2. The number of anilines is 1. The van der Waals surface area contributed by atoms with Gasteiger partial charge < -0.3 is 5.32 Å². The first-order chi connectivity index (χ1) is 13.7. The van der Waals surface area contributed by atoms with Crippen molar-refractivity contribution in [3.05, 3.63) is 73.3 Å². The van der Waals surface area contributed by atoms with E-state index in [0.29, 0.717) is 23.2 Å². The molecule has 3 aromatic rings. The molecule has 0 fully saturated rings. The lowest BCUT2D eigenvalue weighted by Gasteiger charge is -2.08. The Kier molecular flexibility index (Phi) is 6.59. The van der Waals surface area contributed by atoms with Crippen molar-refractivity contribution in [3.8, 4) is 11.4 Å². The second-order valence-corrected chi connectivity index (χ2v) is 6.67. The maximum Gasteiger partial charge on any atom is 0.325 e. The quantitative estimate of drug-likeness (QED) is 0.473. The largest absolute Gasteiger partial charge is 0.325 e. The highest BCUT2D eigenvalue weighted by molar-refractivity contribution is 7.99. The predicted molar refractivity (Wildman–Crippen MR) is 110 cm³/mol. The molecule has 142 valence electrons. The fourth-order valence-corrected chi connectivity index (χ4v) is 3.21. The molecule has 7 nitrogen and oxygen atoms in total. The van der Waals surface area contributed by atoms with Gasteiger partial charge in [-0.2, -0.15) is 0 Å². The molecule has 2 N–H and O–H groups in total. The summed E-state index contributed by atoms with van der Waals surface area (Å²) in [5.41, 5.74) is 1.54. The molecule has 0 spiro atoms. The standard InChI is InChI=1S/C20H19N5O2S/c1-2-13-25-18(15-9-5-3-6-10-15)23-24-20(25)28-14-17(26)22-19(27)21-16-11-7-4-8-12-16/h2-12H,1,13-14H2,(H2,21,22,26,27). The van der Waals surface area contributed by atoms with Gasteiger partial charge in [0.05, 0.1) is 5.75 Å². The van der Waals surface area contributed by atoms with E-state index in [1.54, 1.807) is 30.3 Å². The van der Waals surface area contributed by atoms with Crippen LogP contribution in [0.25, 0.3) is 11.4 Å². The summed E-state index contributed by atoms with van der Waals surface area (Å²) in [6.45, 7) is 4.28. The van der Waals surface area contributed by atoms with Gasteiger partial charge in [-0.1, -0.05) is 66.4 Å². The molecule has 2 aromatic carbocycles. The summed E-state index contributed by atoms with van der Waals surface area (Å²) in [6.07, 6.45) is 1.74. The van der Waals surface area contributed by atoms with Crippen LogP contribution in [-0.4, -0.2) is 32.5 Å². The lowest BCUT2D eigenvalue weighted by Crippen LogP contribution is -2.35. The van der Waals surface area contributed by atoms with E-state index in [1.165, 1.54) is 11.8 Å². The first-order valence-corrected chi connectivity index (χ1v) is 9.54. The third kappa shape index (κ3) is 5.08. The summed E-state index contributed by atoms with van der Waals surface area (Å²) in [5, 5.41) is 13.9. The molecule has 0 saturated heterocycles. The SMILES string of the molecule is C=CCn1c(SCC(=O)NC(=O)Nc2ccccc2)nnc1-c1ccccc1. The Bertz CT molecular complexity index is 957. The Labute approximate surface area is 166 Å². The summed E-state index contributed by atoms with van der Waals surface area (Å²) in [6, 6.07) is 18.0. The summed E-state index contributed by atoms with van der Waals surface area (Å²) >= 11 is 1.21. The highest BCUT2D eigenvalue weighted by Crippen LogP contribution is 2.23. The van der Waals surface area contributed by atoms with Crippen LogP contribution in [0, 0.1) is 0 Å². The number of amides is 3. The molecule has 0 atom stereocenters. The van der Waals surface area contributed by atoms with Crippen LogP contribution in [0.3, 0.4) is 0 Å². The van der Waals surface area contributed by atoms with E-state index >= 15 is 0 Å². The smallest absolute Gasteiger partial charge is 0.308 e. The van der Waals surface area contributed by atoms with Crippen LogP contribution in [0.5, 0.6) is 0 Å². The minimum absolute atomic E-state index is 0.0340. The number of para-hydroxylation sites is 1. The topological polar surface area (TPSA) is 88.9 Å². The molecule has 1 heterocycles. The van der Waals surface area contributed by atoms with Gasteiger partial charge in [0.2, 0.25) is 5.91 Å². The van der Waals surface area contributed by atoms with Crippen LogP contribution >= 0.6 is 11.8 Å². The first-order valence-electron chi connectivity index (χ1n) is 8.55. The number of nitrogens with one attached hydrogen (secondary N) is 2. The second kappa shape index (κ2) is 9.52. The van der Waals surface area contributed by atoms with Gasteiger partial charge in [-0.15, -0.1) is 16.8 Å². The number of imide groups is 1. The molecule has 0 aliphatic heterocycles. The van der Waals surface area contributed by atoms with Crippen LogP contribution in [0.1, 0.15) is 0 Å². The van der Waals surface area contributed by atoms with Crippen LogP contribution in [-0.2, 0) is 11.3 Å². The Morgan fingerprint density at radius 1 is 1.04 bits per heavy atom. The Balaban J connectivity index is 1.61. The number of nitrogens with zero attached hydrogens (tertiary/aromatic N) is 3. The van der Waals surface area contributed by atoms with Crippen molar-refractivity contribution >= 4 is 29.4 Å². The van der Waals surface area contributed by atoms with Crippen molar-refractivity contribution in [1.29, 1.82) is 0 Å². The van der Waals surface area contributed by atoms with Gasteiger partial charge in [-0.3, -0.25) is 14.7 Å². The summed E-state index contributed by atoms with van der Waals surface area (Å²) in [4.78, 5) is 24.0. The van der Waals surface area contributed by atoms with Crippen LogP contribution in [0.4, 0.5) is 10.5 Å². The number of benzene rings is 2.